The third-order valence-electron chi connectivity index (χ3n) is 4.31. The van der Waals surface area contributed by atoms with Crippen LogP contribution in [-0.4, -0.2) is 59.9 Å². The molecule has 0 aromatic carbocycles. The highest BCUT2D eigenvalue weighted by atomic mass is 127. The number of nitrogens with two attached hydrogens (primary N) is 1. The molecule has 0 radical (unpaired) electrons. The van der Waals surface area contributed by atoms with Gasteiger partial charge in [-0.2, -0.15) is 9.61 Å². The summed E-state index contributed by atoms with van der Waals surface area (Å²) in [6, 6.07) is 0. The Kier molecular flexibility index (Phi) is 5.57. The average Bonchev–Trinajstić information content (AvgIpc) is 3.02. The zero-order valence-corrected chi connectivity index (χ0v) is 17.0. The van der Waals surface area contributed by atoms with Crippen LogP contribution >= 0.6 is 22.6 Å². The molecule has 3 rings (SSSR count). The van der Waals surface area contributed by atoms with Crippen LogP contribution in [0.3, 0.4) is 0 Å². The molecule has 25 heavy (non-hydrogen) atoms. The van der Waals surface area contributed by atoms with Crippen molar-refractivity contribution in [3.05, 3.63) is 27.2 Å². The van der Waals surface area contributed by atoms with Crippen molar-refractivity contribution < 1.29 is 0 Å². The van der Waals surface area contributed by atoms with E-state index in [1.165, 1.54) is 0 Å². The number of nitrogen functional groups attached to an aromatic ring is 1. The number of piperidine rings is 1. The van der Waals surface area contributed by atoms with Gasteiger partial charge in [0.1, 0.15) is 5.82 Å². The maximum atomic E-state index is 6.38. The fraction of sp³-hybridized carbons (Fsp3) is 0.471. The smallest absolute Gasteiger partial charge is 0.165 e. The largest absolute Gasteiger partial charge is 0.383 e. The van der Waals surface area contributed by atoms with Crippen molar-refractivity contribution in [2.24, 2.45) is 4.99 Å². The van der Waals surface area contributed by atoms with Gasteiger partial charge in [-0.05, 0) is 42.0 Å². The normalized spacial score (nSPS) is 19.0. The molecule has 1 fully saturated rings. The van der Waals surface area contributed by atoms with Crippen LogP contribution in [-0.2, 0) is 0 Å². The zero-order valence-electron chi connectivity index (χ0n) is 14.8. The van der Waals surface area contributed by atoms with E-state index in [9.17, 15) is 0 Å². The van der Waals surface area contributed by atoms with E-state index in [1.807, 2.05) is 37.6 Å². The van der Waals surface area contributed by atoms with Crippen molar-refractivity contribution in [1.29, 1.82) is 0 Å². The van der Waals surface area contributed by atoms with Gasteiger partial charge in [0.2, 0.25) is 0 Å². The molecule has 134 valence electrons. The SMILES string of the molecule is CN=C/C(=C\N(C)C)c1cnn2c(N)c(I)c(C3CCCNC3)nc12. The molecule has 0 aliphatic carbocycles. The fourth-order valence-electron chi connectivity index (χ4n) is 3.16. The zero-order chi connectivity index (χ0) is 18.0. The Labute approximate surface area is 161 Å². The van der Waals surface area contributed by atoms with Gasteiger partial charge in [0.05, 0.1) is 15.5 Å². The second-order valence-corrected chi connectivity index (χ2v) is 7.55. The van der Waals surface area contributed by atoms with Crippen molar-refractivity contribution in [2.75, 3.05) is 40.0 Å². The summed E-state index contributed by atoms with van der Waals surface area (Å²) < 4.78 is 2.72. The first-order chi connectivity index (χ1) is 12.0. The Bertz CT molecular complexity index is 816. The molecule has 0 amide bonds. The van der Waals surface area contributed by atoms with Crippen molar-refractivity contribution in [3.8, 4) is 0 Å². The summed E-state index contributed by atoms with van der Waals surface area (Å²) in [7, 11) is 5.73. The van der Waals surface area contributed by atoms with E-state index in [0.29, 0.717) is 11.7 Å². The first-order valence-electron chi connectivity index (χ1n) is 8.37. The first-order valence-corrected chi connectivity index (χ1v) is 9.45. The van der Waals surface area contributed by atoms with Gasteiger partial charge in [-0.15, -0.1) is 0 Å². The maximum absolute atomic E-state index is 6.38. The topological polar surface area (TPSA) is 83.8 Å². The van der Waals surface area contributed by atoms with Crippen molar-refractivity contribution >= 4 is 45.8 Å². The fourth-order valence-corrected chi connectivity index (χ4v) is 3.95. The van der Waals surface area contributed by atoms with Crippen LogP contribution in [0.2, 0.25) is 0 Å². The number of halogens is 1. The number of allylic oxidation sites excluding steroid dienone is 1. The summed E-state index contributed by atoms with van der Waals surface area (Å²) in [5.41, 5.74) is 10.1. The van der Waals surface area contributed by atoms with Crippen LogP contribution in [0.4, 0.5) is 5.82 Å². The molecule has 2 aromatic rings. The van der Waals surface area contributed by atoms with E-state index in [0.717, 1.165) is 52.0 Å². The summed E-state index contributed by atoms with van der Waals surface area (Å²) in [6.45, 7) is 2.02. The number of rotatable bonds is 4. The molecule has 1 aliphatic rings. The van der Waals surface area contributed by atoms with E-state index in [2.05, 4.69) is 38.0 Å². The van der Waals surface area contributed by atoms with E-state index in [-0.39, 0.29) is 0 Å². The highest BCUT2D eigenvalue weighted by Crippen LogP contribution is 2.31. The molecule has 1 saturated heterocycles. The average molecular weight is 453 g/mol. The molecule has 7 nitrogen and oxygen atoms in total. The number of anilines is 1. The summed E-state index contributed by atoms with van der Waals surface area (Å²) in [5, 5.41) is 7.92. The Morgan fingerprint density at radius 2 is 2.32 bits per heavy atom. The summed E-state index contributed by atoms with van der Waals surface area (Å²) in [4.78, 5) is 11.1. The molecule has 1 atom stereocenters. The Hall–Kier alpha value is -1.68. The van der Waals surface area contributed by atoms with Crippen LogP contribution in [0.25, 0.3) is 11.2 Å². The Morgan fingerprint density at radius 3 is 2.96 bits per heavy atom. The van der Waals surface area contributed by atoms with Crippen LogP contribution in [0, 0.1) is 3.57 Å². The number of hydrogen-bond donors (Lipinski definition) is 2. The molecule has 0 saturated carbocycles. The summed E-state index contributed by atoms with van der Waals surface area (Å²) in [5.74, 6) is 1.03. The van der Waals surface area contributed by atoms with E-state index in [4.69, 9.17) is 10.7 Å². The van der Waals surface area contributed by atoms with E-state index < -0.39 is 0 Å². The van der Waals surface area contributed by atoms with Crippen molar-refractivity contribution in [2.45, 2.75) is 18.8 Å². The lowest BCUT2D eigenvalue weighted by Gasteiger charge is -2.24. The van der Waals surface area contributed by atoms with Crippen LogP contribution in [0.5, 0.6) is 0 Å². The molecule has 2 aromatic heterocycles. The number of aliphatic imine (C=N–C) groups is 1. The second-order valence-electron chi connectivity index (χ2n) is 6.47. The third-order valence-corrected chi connectivity index (χ3v) is 5.41. The van der Waals surface area contributed by atoms with Crippen LogP contribution < -0.4 is 11.1 Å². The van der Waals surface area contributed by atoms with Gasteiger partial charge in [-0.1, -0.05) is 0 Å². The number of aromatic nitrogens is 3. The Balaban J connectivity index is 2.17. The lowest BCUT2D eigenvalue weighted by molar-refractivity contribution is 0.453. The quantitative estimate of drug-likeness (QED) is 0.547. The monoisotopic (exact) mass is 453 g/mol. The minimum Gasteiger partial charge on any atom is -0.383 e. The van der Waals surface area contributed by atoms with Gasteiger partial charge in [0.15, 0.2) is 5.65 Å². The highest BCUT2D eigenvalue weighted by Gasteiger charge is 2.23. The Morgan fingerprint density at radius 1 is 1.52 bits per heavy atom. The lowest BCUT2D eigenvalue weighted by Crippen LogP contribution is -2.29. The molecule has 3 heterocycles. The van der Waals surface area contributed by atoms with E-state index >= 15 is 0 Å². The van der Waals surface area contributed by atoms with Gasteiger partial charge >= 0.3 is 0 Å². The molecule has 1 aliphatic heterocycles. The standard InChI is InChI=1S/C17H24IN7/c1-20-7-12(10-24(2)3)13-9-22-25-16(19)14(18)15(23-17(13)25)11-5-4-6-21-8-11/h7,9-11,21H,4-6,8,19H2,1-3H3/b12-10+,20-7?. The minimum atomic E-state index is 0.386. The number of hydrogen-bond acceptors (Lipinski definition) is 6. The van der Waals surface area contributed by atoms with E-state index in [1.54, 1.807) is 11.6 Å². The number of nitrogens with zero attached hydrogens (tertiary/aromatic N) is 5. The molecule has 0 bridgehead atoms. The number of nitrogens with one attached hydrogen (secondary N) is 1. The van der Waals surface area contributed by atoms with Gasteiger partial charge in [-0.25, -0.2) is 4.98 Å². The van der Waals surface area contributed by atoms with Crippen LogP contribution in [0.15, 0.2) is 17.4 Å². The molecule has 0 spiro atoms. The number of fused-ring (bicyclic) bond motifs is 1. The van der Waals surface area contributed by atoms with Gasteiger partial charge < -0.3 is 16.0 Å². The predicted octanol–water partition coefficient (Wildman–Crippen LogP) is 1.99. The first kappa shape index (κ1) is 18.1. The molecular weight excluding hydrogens is 429 g/mol. The van der Waals surface area contributed by atoms with Gasteiger partial charge in [0.25, 0.3) is 0 Å². The molecule has 1 unspecified atom stereocenters. The van der Waals surface area contributed by atoms with Crippen LogP contribution in [0.1, 0.15) is 30.0 Å². The van der Waals surface area contributed by atoms with Gasteiger partial charge in [-0.3, -0.25) is 4.99 Å². The summed E-state index contributed by atoms with van der Waals surface area (Å²) >= 11 is 2.29. The minimum absolute atomic E-state index is 0.386. The predicted molar refractivity (Wildman–Crippen MR) is 111 cm³/mol. The second kappa shape index (κ2) is 7.69. The summed E-state index contributed by atoms with van der Waals surface area (Å²) in [6.07, 6.45) is 7.95. The molecular formula is C17H24IN7. The highest BCUT2D eigenvalue weighted by molar-refractivity contribution is 14.1. The van der Waals surface area contributed by atoms with Crippen molar-refractivity contribution in [1.82, 2.24) is 24.8 Å². The third kappa shape index (κ3) is 3.64. The molecule has 8 heteroatoms. The van der Waals surface area contributed by atoms with Crippen molar-refractivity contribution in [3.63, 3.8) is 0 Å². The lowest BCUT2D eigenvalue weighted by atomic mass is 9.96. The molecule has 3 N–H and O–H groups in total. The van der Waals surface area contributed by atoms with Gasteiger partial charge in [0, 0.05) is 57.2 Å². The maximum Gasteiger partial charge on any atom is 0.165 e.